The van der Waals surface area contributed by atoms with Crippen LogP contribution in [-0.2, 0) is 99.5 Å². The van der Waals surface area contributed by atoms with E-state index < -0.39 is 27.1 Å². The first-order valence-corrected chi connectivity index (χ1v) is 40.4. The lowest BCUT2D eigenvalue weighted by Crippen LogP contribution is -2.48. The number of hydrogen-bond donors (Lipinski definition) is 0. The lowest BCUT2D eigenvalue weighted by Gasteiger charge is -2.39. The predicted octanol–water partition coefficient (Wildman–Crippen LogP) is 16.6. The Morgan fingerprint density at radius 2 is 0.162 bits per heavy atom. The van der Waals surface area contributed by atoms with Crippen LogP contribution in [0.15, 0.2) is 0 Å². The fourth-order valence-corrected chi connectivity index (χ4v) is 9.13. The third kappa shape index (κ3) is 61.4. The van der Waals surface area contributed by atoms with Gasteiger partial charge in [-0.2, -0.15) is 0 Å². The molecule has 0 aliphatic rings. The van der Waals surface area contributed by atoms with Gasteiger partial charge in [-0.1, -0.05) is 0 Å². The second-order valence-electron chi connectivity index (χ2n) is 35.0. The number of hydrogen-bond acceptors (Lipinski definition) is 21. The summed E-state index contributed by atoms with van der Waals surface area (Å²) in [4.78, 5) is 0. The van der Waals surface area contributed by atoms with Crippen LogP contribution in [0, 0.1) is 32.5 Å². The van der Waals surface area contributed by atoms with Crippen molar-refractivity contribution in [2.24, 2.45) is 32.5 Å². The van der Waals surface area contributed by atoms with E-state index in [2.05, 4.69) is 0 Å². The fraction of sp³-hybridized carbons (Fsp3) is 1.00. The highest BCUT2D eigenvalue weighted by molar-refractivity contribution is 4.88. The molecule has 0 bridgehead atoms. The fourth-order valence-electron chi connectivity index (χ4n) is 9.13. The standard InChI is InChI=1S/C39H80O10.C28H58O7.C17H36O4/c1-29(2)42-21-37(22-43-30(3)4,17-40-19-38(23-44-31(5)6,24-45-32(7)8)25-46-33(9)10)18-41-20-39(26-47-34(11)12,27-48-35(13)14)28-49-36(15)16;1-21(2)30-15-27(16-31-22(3)4,17-32-23(5)6)13-29-14-28(18-33-24(7)8,19-34-25(9)10)20-35-26(11)12;1-13(2)18-9-17(10-19-14(3)4,11-20-15(5)6)12-21-16(7)8/h29-36H,17-28H2,1-16H3;21-26H,13-20H2,1-12H3;13-16H,9-12H2,1-8H3. The van der Waals surface area contributed by atoms with E-state index in [9.17, 15) is 0 Å². The maximum Gasteiger partial charge on any atom is 0.0638 e. The van der Waals surface area contributed by atoms with Gasteiger partial charge < -0.3 is 99.5 Å². The molecule has 0 aromatic heterocycles. The van der Waals surface area contributed by atoms with Gasteiger partial charge in [0.1, 0.15) is 0 Å². The van der Waals surface area contributed by atoms with Gasteiger partial charge in [-0.25, -0.2) is 0 Å². The summed E-state index contributed by atoms with van der Waals surface area (Å²) in [5.74, 6) is 0. The van der Waals surface area contributed by atoms with Crippen molar-refractivity contribution in [3.63, 3.8) is 0 Å². The Balaban J connectivity index is -0.00000161. The van der Waals surface area contributed by atoms with Crippen molar-refractivity contribution < 1.29 is 99.5 Å². The van der Waals surface area contributed by atoms with E-state index >= 15 is 0 Å². The van der Waals surface area contributed by atoms with Crippen molar-refractivity contribution in [2.45, 2.75) is 359 Å². The van der Waals surface area contributed by atoms with Gasteiger partial charge in [0.2, 0.25) is 0 Å². The van der Waals surface area contributed by atoms with Crippen molar-refractivity contribution in [1.29, 1.82) is 0 Å². The molecule has 0 aromatic rings. The molecule has 0 atom stereocenters. The van der Waals surface area contributed by atoms with Gasteiger partial charge in [0, 0.05) is 0 Å². The highest BCUT2D eigenvalue weighted by Gasteiger charge is 2.42. The second-order valence-corrected chi connectivity index (χ2v) is 35.0. The van der Waals surface area contributed by atoms with Crippen LogP contribution in [0.2, 0.25) is 0 Å². The van der Waals surface area contributed by atoms with E-state index in [4.69, 9.17) is 99.5 Å². The molecule has 21 heteroatoms. The van der Waals surface area contributed by atoms with Crippen LogP contribution in [0.5, 0.6) is 0 Å². The summed E-state index contributed by atoms with van der Waals surface area (Å²) in [6.07, 6.45) is 1.73. The average molecular weight is 1520 g/mol. The smallest absolute Gasteiger partial charge is 0.0638 e. The molecule has 0 unspecified atom stereocenters. The molecule has 0 N–H and O–H groups in total. The molecule has 0 saturated heterocycles. The quantitative estimate of drug-likeness (QED) is 0.0557. The van der Waals surface area contributed by atoms with Crippen LogP contribution in [-0.4, -0.2) is 268 Å². The monoisotopic (exact) mass is 1520 g/mol. The maximum atomic E-state index is 6.69. The zero-order chi connectivity index (χ0) is 81.2. The van der Waals surface area contributed by atoms with Crippen LogP contribution in [0.25, 0.3) is 0 Å². The normalized spacial score (nSPS) is 13.5. The molecule has 105 heavy (non-hydrogen) atoms. The van der Waals surface area contributed by atoms with E-state index in [1.807, 2.05) is 249 Å². The highest BCUT2D eigenvalue weighted by Crippen LogP contribution is 2.32. The Hall–Kier alpha value is -0.840. The first-order valence-electron chi connectivity index (χ1n) is 40.4. The average Bonchev–Trinajstić information content (AvgIpc) is 0.847. The molecule has 0 aliphatic heterocycles. The zero-order valence-corrected chi connectivity index (χ0v) is 74.9. The van der Waals surface area contributed by atoms with Crippen LogP contribution in [0.3, 0.4) is 0 Å². The van der Waals surface area contributed by atoms with Gasteiger partial charge in [-0.3, -0.25) is 0 Å². The van der Waals surface area contributed by atoms with Crippen LogP contribution in [0.1, 0.15) is 249 Å². The van der Waals surface area contributed by atoms with Crippen molar-refractivity contribution in [3.8, 4) is 0 Å². The van der Waals surface area contributed by atoms with Gasteiger partial charge >= 0.3 is 0 Å². The van der Waals surface area contributed by atoms with Gasteiger partial charge in [0.15, 0.2) is 0 Å². The molecule has 0 fully saturated rings. The summed E-state index contributed by atoms with van der Waals surface area (Å²) < 4.78 is 129. The minimum atomic E-state index is -0.598. The van der Waals surface area contributed by atoms with Crippen molar-refractivity contribution in [2.75, 3.05) is 159 Å². The van der Waals surface area contributed by atoms with Crippen molar-refractivity contribution in [1.82, 2.24) is 0 Å². The van der Waals surface area contributed by atoms with E-state index in [1.165, 1.54) is 0 Å². The molecular weight excluding hydrogens is 1340 g/mol. The summed E-state index contributed by atoms with van der Waals surface area (Å²) in [7, 11) is 0. The molecular formula is C84H174O21. The minimum Gasteiger partial charge on any atom is -0.380 e. The summed E-state index contributed by atoms with van der Waals surface area (Å²) in [5.41, 5.74) is -2.73. The van der Waals surface area contributed by atoms with Gasteiger partial charge in [-0.05, 0) is 249 Å². The lowest BCUT2D eigenvalue weighted by atomic mass is 9.89. The van der Waals surface area contributed by atoms with Crippen molar-refractivity contribution in [3.05, 3.63) is 0 Å². The summed E-state index contributed by atoms with van der Waals surface area (Å²) in [5, 5.41) is 0. The molecule has 0 aromatic carbocycles. The SMILES string of the molecule is CC(C)OCC(COC(C)C)(COC(C)C)COC(C)C.CC(C)OCC(COCC(COC(C)C)(COC(C)C)COC(C)C)(COC(C)C)COC(C)C.CC(C)OCC(COCC(COC(C)C)(COC(C)C)COC(C)C)(COCC(COC(C)C)(COC(C)C)COC(C)C)COC(C)C. The summed E-state index contributed by atoms with van der Waals surface area (Å²) in [6, 6.07) is 0. The molecule has 0 saturated carbocycles. The Bertz CT molecular complexity index is 1650. The Morgan fingerprint density at radius 3 is 0.229 bits per heavy atom. The predicted molar refractivity (Wildman–Crippen MR) is 427 cm³/mol. The van der Waals surface area contributed by atoms with E-state index in [0.29, 0.717) is 159 Å². The largest absolute Gasteiger partial charge is 0.380 e. The van der Waals surface area contributed by atoms with Crippen LogP contribution < -0.4 is 0 Å². The minimum absolute atomic E-state index is 0.0215. The Kier molecular flexibility index (Phi) is 61.7. The second kappa shape index (κ2) is 59.8. The molecule has 0 spiro atoms. The summed E-state index contributed by atoms with van der Waals surface area (Å²) >= 11 is 0. The van der Waals surface area contributed by atoms with Crippen LogP contribution in [0.4, 0.5) is 0 Å². The van der Waals surface area contributed by atoms with Gasteiger partial charge in [-0.15, -0.1) is 0 Å². The number of rotatable bonds is 66. The first-order chi connectivity index (χ1) is 48.6. The molecule has 0 radical (unpaired) electrons. The topological polar surface area (TPSA) is 194 Å². The maximum absolute atomic E-state index is 6.69. The first kappa shape index (κ1) is 108. The van der Waals surface area contributed by atoms with Gasteiger partial charge in [0.25, 0.3) is 0 Å². The van der Waals surface area contributed by atoms with Crippen LogP contribution >= 0.6 is 0 Å². The summed E-state index contributed by atoms with van der Waals surface area (Å²) in [6.45, 7) is 84.5. The lowest BCUT2D eigenvalue weighted by molar-refractivity contribution is -0.171. The Morgan fingerprint density at radius 1 is 0.105 bits per heavy atom. The third-order valence-corrected chi connectivity index (χ3v) is 15.5. The highest BCUT2D eigenvalue weighted by atomic mass is 16.6. The van der Waals surface area contributed by atoms with Crippen molar-refractivity contribution >= 4 is 0 Å². The zero-order valence-electron chi connectivity index (χ0n) is 74.9. The Labute approximate surface area is 646 Å². The third-order valence-electron chi connectivity index (χ3n) is 15.5. The molecule has 0 heterocycles. The van der Waals surface area contributed by atoms with Gasteiger partial charge in [0.05, 0.1) is 301 Å². The van der Waals surface area contributed by atoms with E-state index in [1.54, 1.807) is 0 Å². The molecule has 0 amide bonds. The number of ether oxygens (including phenoxy) is 21. The molecule has 21 nitrogen and oxygen atoms in total. The molecule has 636 valence electrons. The van der Waals surface area contributed by atoms with E-state index in [0.717, 1.165) is 0 Å². The molecule has 0 rings (SSSR count). The molecule has 0 aliphatic carbocycles. The van der Waals surface area contributed by atoms with E-state index in [-0.39, 0.29) is 115 Å².